The van der Waals surface area contributed by atoms with Gasteiger partial charge in [-0.05, 0) is 61.4 Å². The molecule has 1 aliphatic rings. The zero-order chi connectivity index (χ0) is 27.3. The van der Waals surface area contributed by atoms with Crippen LogP contribution in [0, 0.1) is 0 Å². The second-order valence-corrected chi connectivity index (χ2v) is 10.7. The SMILES string of the molecule is C[C@@H](O)COc1ccc(N2CCN(C[C@@](C)(O)c3ccc(OCN)cc3)C[C@H]2c2ccc(Cl)cc2)c(Cl)c1. The van der Waals surface area contributed by atoms with Crippen molar-refractivity contribution in [1.82, 2.24) is 4.90 Å². The first-order chi connectivity index (χ1) is 18.2. The number of hydrogen-bond donors (Lipinski definition) is 3. The summed E-state index contributed by atoms with van der Waals surface area (Å²) in [5.41, 5.74) is 7.21. The maximum Gasteiger partial charge on any atom is 0.137 e. The van der Waals surface area contributed by atoms with Crippen molar-refractivity contribution in [1.29, 1.82) is 0 Å². The van der Waals surface area contributed by atoms with Crippen LogP contribution in [0.5, 0.6) is 11.5 Å². The number of nitrogens with zero attached hydrogens (tertiary/aromatic N) is 2. The zero-order valence-corrected chi connectivity index (χ0v) is 23.2. The van der Waals surface area contributed by atoms with Crippen LogP contribution in [0.1, 0.15) is 31.0 Å². The van der Waals surface area contributed by atoms with Gasteiger partial charge in [0.05, 0.1) is 28.5 Å². The van der Waals surface area contributed by atoms with Crippen LogP contribution < -0.4 is 20.1 Å². The Kier molecular flexibility index (Phi) is 9.41. The second kappa shape index (κ2) is 12.6. The van der Waals surface area contributed by atoms with Crippen molar-refractivity contribution in [2.45, 2.75) is 31.6 Å². The van der Waals surface area contributed by atoms with Crippen LogP contribution in [-0.2, 0) is 5.60 Å². The highest BCUT2D eigenvalue weighted by molar-refractivity contribution is 6.33. The smallest absolute Gasteiger partial charge is 0.137 e. The Hall–Kier alpha value is -2.52. The van der Waals surface area contributed by atoms with Gasteiger partial charge in [0.15, 0.2) is 0 Å². The Morgan fingerprint density at radius 2 is 1.68 bits per heavy atom. The first-order valence-corrected chi connectivity index (χ1v) is 13.4. The van der Waals surface area contributed by atoms with Gasteiger partial charge in [-0.25, -0.2) is 0 Å². The molecule has 1 saturated heterocycles. The third-order valence-electron chi connectivity index (χ3n) is 6.70. The van der Waals surface area contributed by atoms with Gasteiger partial charge < -0.3 is 24.6 Å². The van der Waals surface area contributed by atoms with Gasteiger partial charge in [0.25, 0.3) is 0 Å². The minimum Gasteiger partial charge on any atom is -0.491 e. The molecule has 0 aromatic heterocycles. The number of halogens is 2. The third-order valence-corrected chi connectivity index (χ3v) is 7.25. The maximum atomic E-state index is 11.4. The van der Waals surface area contributed by atoms with Gasteiger partial charge >= 0.3 is 0 Å². The molecule has 3 aromatic carbocycles. The summed E-state index contributed by atoms with van der Waals surface area (Å²) >= 11 is 12.9. The number of anilines is 1. The van der Waals surface area contributed by atoms with Crippen molar-refractivity contribution in [2.75, 3.05) is 44.4 Å². The molecule has 1 heterocycles. The predicted molar refractivity (Wildman–Crippen MR) is 152 cm³/mol. The van der Waals surface area contributed by atoms with Gasteiger partial charge in [-0.15, -0.1) is 0 Å². The molecule has 0 bridgehead atoms. The van der Waals surface area contributed by atoms with E-state index in [1.807, 2.05) is 67.6 Å². The molecule has 4 rings (SSSR count). The van der Waals surface area contributed by atoms with E-state index in [1.54, 1.807) is 13.0 Å². The number of hydrogen-bond acceptors (Lipinski definition) is 7. The fourth-order valence-electron chi connectivity index (χ4n) is 4.80. The fraction of sp³-hybridized carbons (Fsp3) is 0.379. The summed E-state index contributed by atoms with van der Waals surface area (Å²) in [6.45, 7) is 6.40. The van der Waals surface area contributed by atoms with E-state index in [4.69, 9.17) is 38.4 Å². The monoisotopic (exact) mass is 559 g/mol. The number of β-amino-alcohol motifs (C(OH)–C–C–N with tert-alkyl or cyclic N) is 1. The minimum absolute atomic E-state index is 0.0149. The van der Waals surface area contributed by atoms with Crippen LogP contribution in [0.4, 0.5) is 5.69 Å². The Bertz CT molecular complexity index is 1190. The summed E-state index contributed by atoms with van der Waals surface area (Å²) in [5, 5.41) is 22.2. The lowest BCUT2D eigenvalue weighted by Gasteiger charge is -2.45. The van der Waals surface area contributed by atoms with Gasteiger partial charge in [0.1, 0.15) is 24.8 Å². The van der Waals surface area contributed by atoms with E-state index in [0.29, 0.717) is 41.2 Å². The van der Waals surface area contributed by atoms with Crippen LogP contribution >= 0.6 is 23.2 Å². The molecule has 4 N–H and O–H groups in total. The molecule has 7 nitrogen and oxygen atoms in total. The van der Waals surface area contributed by atoms with Crippen molar-refractivity contribution >= 4 is 28.9 Å². The molecule has 0 aliphatic carbocycles. The molecule has 0 radical (unpaired) electrons. The Balaban J connectivity index is 1.55. The number of rotatable bonds is 10. The fourth-order valence-corrected chi connectivity index (χ4v) is 5.21. The van der Waals surface area contributed by atoms with Crippen molar-refractivity contribution in [3.8, 4) is 11.5 Å². The Morgan fingerprint density at radius 3 is 2.32 bits per heavy atom. The number of benzene rings is 3. The Morgan fingerprint density at radius 1 is 1.00 bits per heavy atom. The number of aliphatic hydroxyl groups is 2. The summed E-state index contributed by atoms with van der Waals surface area (Å²) in [6.07, 6.45) is -0.565. The lowest BCUT2D eigenvalue weighted by atomic mass is 9.93. The summed E-state index contributed by atoms with van der Waals surface area (Å²) < 4.78 is 11.0. The number of piperazine rings is 1. The minimum atomic E-state index is -1.06. The molecule has 1 aliphatic heterocycles. The molecule has 0 unspecified atom stereocenters. The average Bonchev–Trinajstić information content (AvgIpc) is 2.88. The molecule has 3 aromatic rings. The summed E-state index contributed by atoms with van der Waals surface area (Å²) in [6, 6.07) is 20.8. The van der Waals surface area contributed by atoms with Crippen molar-refractivity contribution in [2.24, 2.45) is 5.73 Å². The van der Waals surface area contributed by atoms with E-state index >= 15 is 0 Å². The summed E-state index contributed by atoms with van der Waals surface area (Å²) in [4.78, 5) is 4.56. The average molecular weight is 561 g/mol. The topological polar surface area (TPSA) is 91.4 Å². The molecule has 0 spiro atoms. The summed E-state index contributed by atoms with van der Waals surface area (Å²) in [7, 11) is 0. The molecule has 0 amide bonds. The van der Waals surface area contributed by atoms with E-state index in [9.17, 15) is 10.2 Å². The number of nitrogens with two attached hydrogens (primary N) is 1. The largest absolute Gasteiger partial charge is 0.491 e. The van der Waals surface area contributed by atoms with Crippen molar-refractivity contribution in [3.05, 3.63) is 87.9 Å². The van der Waals surface area contributed by atoms with Gasteiger partial charge in [-0.1, -0.05) is 47.5 Å². The van der Waals surface area contributed by atoms with E-state index in [0.717, 1.165) is 23.4 Å². The van der Waals surface area contributed by atoms with E-state index in [1.165, 1.54) is 0 Å². The third kappa shape index (κ3) is 7.11. The van der Waals surface area contributed by atoms with Crippen molar-refractivity contribution in [3.63, 3.8) is 0 Å². The quantitative estimate of drug-likeness (QED) is 0.307. The lowest BCUT2D eigenvalue weighted by Crippen LogP contribution is -2.52. The van der Waals surface area contributed by atoms with Crippen LogP contribution in [-0.4, -0.2) is 60.7 Å². The summed E-state index contributed by atoms with van der Waals surface area (Å²) in [5.74, 6) is 1.28. The highest BCUT2D eigenvalue weighted by Crippen LogP contribution is 2.38. The highest BCUT2D eigenvalue weighted by Gasteiger charge is 2.34. The first kappa shape index (κ1) is 28.5. The van der Waals surface area contributed by atoms with Gasteiger partial charge in [0.2, 0.25) is 0 Å². The van der Waals surface area contributed by atoms with E-state index < -0.39 is 11.7 Å². The van der Waals surface area contributed by atoms with E-state index in [2.05, 4.69) is 9.80 Å². The normalized spacial score (nSPS) is 18.6. The predicted octanol–water partition coefficient (Wildman–Crippen LogP) is 4.82. The second-order valence-electron chi connectivity index (χ2n) is 9.88. The first-order valence-electron chi connectivity index (χ1n) is 12.7. The Labute approximate surface area is 234 Å². The van der Waals surface area contributed by atoms with Crippen LogP contribution in [0.15, 0.2) is 66.7 Å². The molecule has 38 heavy (non-hydrogen) atoms. The lowest BCUT2D eigenvalue weighted by molar-refractivity contribution is 0.0103. The van der Waals surface area contributed by atoms with E-state index in [-0.39, 0.29) is 19.4 Å². The van der Waals surface area contributed by atoms with Crippen molar-refractivity contribution < 1.29 is 19.7 Å². The number of ether oxygens (including phenoxy) is 2. The molecule has 204 valence electrons. The van der Waals surface area contributed by atoms with Gasteiger partial charge in [-0.2, -0.15) is 0 Å². The molecule has 9 heteroatoms. The zero-order valence-electron chi connectivity index (χ0n) is 21.7. The van der Waals surface area contributed by atoms with Gasteiger partial charge in [-0.3, -0.25) is 10.6 Å². The van der Waals surface area contributed by atoms with Crippen LogP contribution in [0.2, 0.25) is 10.0 Å². The molecule has 3 atom stereocenters. The van der Waals surface area contributed by atoms with Crippen LogP contribution in [0.3, 0.4) is 0 Å². The molecule has 1 fully saturated rings. The molecular formula is C29H35Cl2N3O4. The van der Waals surface area contributed by atoms with Gasteiger partial charge in [0, 0.05) is 37.3 Å². The number of aliphatic hydroxyl groups excluding tert-OH is 1. The molecular weight excluding hydrogens is 525 g/mol. The highest BCUT2D eigenvalue weighted by atomic mass is 35.5. The standard InChI is InChI=1S/C29H35Cl2N3O4/c1-20(35)17-37-25-11-12-27(26(31)15-25)34-14-13-33(16-28(34)21-3-7-23(30)8-4-21)18-29(2,36)22-5-9-24(10-6-22)38-19-32/h3-12,15,20,28,35-36H,13-14,16-19,32H2,1-2H3/t20-,28+,29-/m1/s1. The molecule has 0 saturated carbocycles. The van der Waals surface area contributed by atoms with Crippen LogP contribution in [0.25, 0.3) is 0 Å². The maximum absolute atomic E-state index is 11.4.